The van der Waals surface area contributed by atoms with Crippen LogP contribution in [0.2, 0.25) is 0 Å². The van der Waals surface area contributed by atoms with Crippen LogP contribution in [-0.2, 0) is 22.4 Å². The fraction of sp³-hybridized carbons (Fsp3) is 0.333. The van der Waals surface area contributed by atoms with Gasteiger partial charge in [-0.15, -0.1) is 0 Å². The smallest absolute Gasteiger partial charge is 0.224 e. The Morgan fingerprint density at radius 2 is 1.38 bits per heavy atom. The number of hydrogen-bond acceptors (Lipinski definition) is 5. The Labute approximate surface area is 169 Å². The van der Waals surface area contributed by atoms with E-state index in [1.165, 1.54) is 33.5 Å². The molecule has 0 aromatic heterocycles. The molecule has 0 aliphatic heterocycles. The summed E-state index contributed by atoms with van der Waals surface area (Å²) in [6.45, 7) is 0.549. The van der Waals surface area contributed by atoms with Crippen LogP contribution < -0.4 is 24.8 Å². The molecule has 2 aromatic rings. The summed E-state index contributed by atoms with van der Waals surface area (Å²) in [6.07, 6.45) is 0.200. The fourth-order valence-corrected chi connectivity index (χ4v) is 2.78. The molecule has 0 fully saturated rings. The van der Waals surface area contributed by atoms with E-state index in [0.29, 0.717) is 28.4 Å². The topological polar surface area (TPSA) is 85.9 Å². The van der Waals surface area contributed by atoms with Gasteiger partial charge in [0.05, 0.1) is 34.2 Å². The van der Waals surface area contributed by atoms with Crippen LogP contribution >= 0.6 is 0 Å². The number of amides is 2. The van der Waals surface area contributed by atoms with Crippen molar-refractivity contribution in [3.8, 4) is 17.2 Å². The van der Waals surface area contributed by atoms with E-state index in [2.05, 4.69) is 10.6 Å². The van der Waals surface area contributed by atoms with Crippen LogP contribution in [0, 0.1) is 5.82 Å². The molecule has 2 N–H and O–H groups in total. The van der Waals surface area contributed by atoms with Gasteiger partial charge in [-0.3, -0.25) is 9.59 Å². The number of halogens is 1. The first-order valence-corrected chi connectivity index (χ1v) is 9.03. The van der Waals surface area contributed by atoms with Crippen molar-refractivity contribution in [2.75, 3.05) is 34.4 Å². The first kappa shape index (κ1) is 22.0. The lowest BCUT2D eigenvalue weighted by atomic mass is 10.1. The number of benzene rings is 2. The van der Waals surface area contributed by atoms with Gasteiger partial charge in [0, 0.05) is 13.1 Å². The molecule has 0 spiro atoms. The molecule has 2 amide bonds. The van der Waals surface area contributed by atoms with Gasteiger partial charge in [0.1, 0.15) is 5.82 Å². The Morgan fingerprint density at radius 3 is 1.86 bits per heavy atom. The highest BCUT2D eigenvalue weighted by Crippen LogP contribution is 2.38. The minimum atomic E-state index is -0.380. The van der Waals surface area contributed by atoms with Gasteiger partial charge in [0.25, 0.3) is 0 Å². The minimum absolute atomic E-state index is 0.0805. The van der Waals surface area contributed by atoms with Crippen LogP contribution in [0.25, 0.3) is 0 Å². The SMILES string of the molecule is COc1cc(CC(=O)NCCNC(=O)Cc2cccc(F)c2)cc(OC)c1OC. The Kier molecular flexibility index (Phi) is 8.27. The van der Waals surface area contributed by atoms with Crippen molar-refractivity contribution in [2.24, 2.45) is 0 Å². The average Bonchev–Trinajstić information content (AvgIpc) is 2.70. The second-order valence-corrected chi connectivity index (χ2v) is 6.22. The molecular weight excluding hydrogens is 379 g/mol. The van der Waals surface area contributed by atoms with Crippen molar-refractivity contribution in [3.05, 3.63) is 53.3 Å². The lowest BCUT2D eigenvalue weighted by Crippen LogP contribution is -2.35. The molecule has 0 saturated heterocycles. The highest BCUT2D eigenvalue weighted by atomic mass is 19.1. The lowest BCUT2D eigenvalue weighted by Gasteiger charge is -2.14. The summed E-state index contributed by atoms with van der Waals surface area (Å²) in [6, 6.07) is 9.30. The number of hydrogen-bond donors (Lipinski definition) is 2. The fourth-order valence-electron chi connectivity index (χ4n) is 2.78. The van der Waals surface area contributed by atoms with E-state index in [1.54, 1.807) is 24.3 Å². The van der Waals surface area contributed by atoms with Crippen molar-refractivity contribution in [1.82, 2.24) is 10.6 Å². The normalized spacial score (nSPS) is 10.2. The quantitative estimate of drug-likeness (QED) is 0.591. The van der Waals surface area contributed by atoms with Crippen molar-refractivity contribution in [2.45, 2.75) is 12.8 Å². The Balaban J connectivity index is 1.79. The minimum Gasteiger partial charge on any atom is -0.493 e. The van der Waals surface area contributed by atoms with Crippen LogP contribution in [0.15, 0.2) is 36.4 Å². The molecule has 8 heteroatoms. The van der Waals surface area contributed by atoms with Crippen molar-refractivity contribution < 1.29 is 28.2 Å². The Hall–Kier alpha value is -3.29. The molecule has 0 aliphatic carbocycles. The molecule has 0 heterocycles. The van der Waals surface area contributed by atoms with E-state index in [4.69, 9.17) is 14.2 Å². The molecule has 2 rings (SSSR count). The Bertz CT molecular complexity index is 832. The number of carbonyl (C=O) groups excluding carboxylic acids is 2. The molecule has 156 valence electrons. The summed E-state index contributed by atoms with van der Waals surface area (Å²) in [7, 11) is 4.52. The molecule has 0 saturated carbocycles. The van der Waals surface area contributed by atoms with E-state index < -0.39 is 0 Å². The molecular formula is C21H25FN2O5. The van der Waals surface area contributed by atoms with E-state index in [-0.39, 0.29) is 43.6 Å². The maximum absolute atomic E-state index is 13.1. The summed E-state index contributed by atoms with van der Waals surface area (Å²) < 4.78 is 28.9. The second-order valence-electron chi connectivity index (χ2n) is 6.22. The van der Waals surface area contributed by atoms with Crippen LogP contribution in [-0.4, -0.2) is 46.2 Å². The largest absolute Gasteiger partial charge is 0.493 e. The zero-order valence-electron chi connectivity index (χ0n) is 16.7. The average molecular weight is 404 g/mol. The number of nitrogens with one attached hydrogen (secondary N) is 2. The van der Waals surface area contributed by atoms with E-state index in [1.807, 2.05) is 0 Å². The van der Waals surface area contributed by atoms with Gasteiger partial charge in [0.2, 0.25) is 17.6 Å². The third-order valence-corrected chi connectivity index (χ3v) is 4.11. The second kappa shape index (κ2) is 10.9. The molecule has 0 radical (unpaired) electrons. The van der Waals surface area contributed by atoms with Crippen LogP contribution in [0.1, 0.15) is 11.1 Å². The molecule has 29 heavy (non-hydrogen) atoms. The summed E-state index contributed by atoms with van der Waals surface area (Å²) in [5.41, 5.74) is 1.29. The predicted octanol–water partition coefficient (Wildman–Crippen LogP) is 1.87. The zero-order chi connectivity index (χ0) is 21.2. The van der Waals surface area contributed by atoms with E-state index >= 15 is 0 Å². The summed E-state index contributed by atoms with van der Waals surface area (Å²) in [4.78, 5) is 24.0. The van der Waals surface area contributed by atoms with E-state index in [0.717, 1.165) is 0 Å². The highest BCUT2D eigenvalue weighted by Gasteiger charge is 2.14. The van der Waals surface area contributed by atoms with Gasteiger partial charge in [-0.25, -0.2) is 4.39 Å². The summed E-state index contributed by atoms with van der Waals surface area (Å²) in [5, 5.41) is 5.43. The van der Waals surface area contributed by atoms with Gasteiger partial charge in [-0.2, -0.15) is 0 Å². The molecule has 2 aromatic carbocycles. The maximum atomic E-state index is 13.1. The third-order valence-electron chi connectivity index (χ3n) is 4.11. The Morgan fingerprint density at radius 1 is 0.828 bits per heavy atom. The monoisotopic (exact) mass is 404 g/mol. The molecule has 0 bridgehead atoms. The van der Waals surface area contributed by atoms with Gasteiger partial charge in [-0.05, 0) is 35.4 Å². The van der Waals surface area contributed by atoms with Crippen molar-refractivity contribution >= 4 is 11.8 Å². The number of carbonyl (C=O) groups is 2. The number of ether oxygens (including phenoxy) is 3. The lowest BCUT2D eigenvalue weighted by molar-refractivity contribution is -0.122. The van der Waals surface area contributed by atoms with Gasteiger partial charge in [0.15, 0.2) is 11.5 Å². The van der Waals surface area contributed by atoms with Gasteiger partial charge in [-0.1, -0.05) is 12.1 Å². The van der Waals surface area contributed by atoms with Crippen LogP contribution in [0.3, 0.4) is 0 Å². The van der Waals surface area contributed by atoms with Crippen molar-refractivity contribution in [1.29, 1.82) is 0 Å². The first-order valence-electron chi connectivity index (χ1n) is 9.03. The van der Waals surface area contributed by atoms with Gasteiger partial charge < -0.3 is 24.8 Å². The third kappa shape index (κ3) is 6.67. The van der Waals surface area contributed by atoms with Crippen LogP contribution in [0.5, 0.6) is 17.2 Å². The molecule has 0 atom stereocenters. The number of methoxy groups -OCH3 is 3. The molecule has 0 unspecified atom stereocenters. The predicted molar refractivity (Wildman–Crippen MR) is 106 cm³/mol. The molecule has 7 nitrogen and oxygen atoms in total. The van der Waals surface area contributed by atoms with Crippen LogP contribution in [0.4, 0.5) is 4.39 Å². The van der Waals surface area contributed by atoms with Gasteiger partial charge >= 0.3 is 0 Å². The standard InChI is InChI=1S/C21H25FN2O5/c1-27-17-10-15(11-18(28-2)21(17)29-3)13-20(26)24-8-7-23-19(25)12-14-5-4-6-16(22)9-14/h4-6,9-11H,7-8,12-13H2,1-3H3,(H,23,25)(H,24,26). The molecule has 0 aliphatic rings. The van der Waals surface area contributed by atoms with E-state index in [9.17, 15) is 14.0 Å². The first-order chi connectivity index (χ1) is 14.0. The highest BCUT2D eigenvalue weighted by molar-refractivity contribution is 5.80. The maximum Gasteiger partial charge on any atom is 0.224 e. The van der Waals surface area contributed by atoms with Crippen molar-refractivity contribution in [3.63, 3.8) is 0 Å². The zero-order valence-corrected chi connectivity index (χ0v) is 16.7. The summed E-state index contributed by atoms with van der Waals surface area (Å²) in [5.74, 6) is 0.571. The summed E-state index contributed by atoms with van der Waals surface area (Å²) >= 11 is 0. The number of rotatable bonds is 10.